The van der Waals surface area contributed by atoms with Gasteiger partial charge in [-0.15, -0.1) is 0 Å². The van der Waals surface area contributed by atoms with Gasteiger partial charge in [-0.1, -0.05) is 32.9 Å². The van der Waals surface area contributed by atoms with Gasteiger partial charge in [-0.05, 0) is 29.2 Å². The topological polar surface area (TPSA) is 48.3 Å². The highest BCUT2D eigenvalue weighted by molar-refractivity contribution is 5.61. The van der Waals surface area contributed by atoms with E-state index < -0.39 is 0 Å². The number of aliphatic hydroxyl groups excluding tert-OH is 1. The summed E-state index contributed by atoms with van der Waals surface area (Å²) in [5, 5.41) is 9.84. The fourth-order valence-corrected chi connectivity index (χ4v) is 3.33. The van der Waals surface area contributed by atoms with E-state index in [1.54, 1.807) is 7.11 Å². The number of fused-ring (bicyclic) bond motifs is 1. The Morgan fingerprint density at radius 2 is 1.96 bits per heavy atom. The van der Waals surface area contributed by atoms with Crippen LogP contribution >= 0.6 is 0 Å². The quantitative estimate of drug-likeness (QED) is 0.913. The van der Waals surface area contributed by atoms with Gasteiger partial charge in [-0.2, -0.15) is 0 Å². The smallest absolute Gasteiger partial charge is 0.118 e. The molecule has 0 saturated carbocycles. The van der Waals surface area contributed by atoms with E-state index >= 15 is 0 Å². The molecular weight excluding hydrogens is 314 g/mol. The van der Waals surface area contributed by atoms with E-state index in [1.807, 2.05) is 18.5 Å². The summed E-state index contributed by atoms with van der Waals surface area (Å²) in [5.41, 5.74) is 2.63. The van der Waals surface area contributed by atoms with Crippen LogP contribution in [-0.4, -0.2) is 60.1 Å². The van der Waals surface area contributed by atoms with E-state index in [0.29, 0.717) is 0 Å². The largest absolute Gasteiger partial charge is 0.497 e. The van der Waals surface area contributed by atoms with Crippen molar-refractivity contribution in [2.45, 2.75) is 39.4 Å². The molecule has 0 aliphatic carbocycles. The molecule has 0 spiro atoms. The van der Waals surface area contributed by atoms with Crippen LogP contribution in [0.15, 0.2) is 41.0 Å². The molecule has 0 bridgehead atoms. The number of benzene rings is 1. The van der Waals surface area contributed by atoms with Gasteiger partial charge in [-0.3, -0.25) is 9.89 Å². The van der Waals surface area contributed by atoms with Gasteiger partial charge in [0.1, 0.15) is 5.75 Å². The second kappa shape index (κ2) is 7.18. The molecule has 0 radical (unpaired) electrons. The number of piperazine rings is 1. The van der Waals surface area contributed by atoms with E-state index in [1.165, 1.54) is 11.3 Å². The molecule has 3 rings (SSSR count). The van der Waals surface area contributed by atoms with Gasteiger partial charge < -0.3 is 14.7 Å². The summed E-state index contributed by atoms with van der Waals surface area (Å²) in [5.74, 6) is 0.867. The third kappa shape index (κ3) is 4.05. The van der Waals surface area contributed by atoms with Gasteiger partial charge >= 0.3 is 0 Å². The Kier molecular flexibility index (Phi) is 5.16. The Hall–Kier alpha value is -1.85. The summed E-state index contributed by atoms with van der Waals surface area (Å²) in [6, 6.07) is 8.47. The average molecular weight is 343 g/mol. The van der Waals surface area contributed by atoms with Gasteiger partial charge in [0.2, 0.25) is 0 Å². The van der Waals surface area contributed by atoms with Crippen LogP contribution in [0.4, 0.5) is 0 Å². The highest BCUT2D eigenvalue weighted by atomic mass is 16.5. The second-order valence-electron chi connectivity index (χ2n) is 7.98. The van der Waals surface area contributed by atoms with Gasteiger partial charge in [0, 0.05) is 25.3 Å². The van der Waals surface area contributed by atoms with Crippen molar-refractivity contribution in [1.29, 1.82) is 0 Å². The van der Waals surface area contributed by atoms with Gasteiger partial charge in [0.15, 0.2) is 0 Å². The van der Waals surface area contributed by atoms with E-state index in [0.717, 1.165) is 25.4 Å². The second-order valence-corrected chi connectivity index (χ2v) is 7.98. The van der Waals surface area contributed by atoms with E-state index in [2.05, 4.69) is 48.8 Å². The molecule has 25 heavy (non-hydrogen) atoms. The van der Waals surface area contributed by atoms with Crippen LogP contribution in [0.2, 0.25) is 0 Å². The van der Waals surface area contributed by atoms with Crippen LogP contribution in [0.1, 0.15) is 26.3 Å². The normalized spacial score (nSPS) is 24.0. The SMILES string of the molecule is COc1ccc(CN2CC3=CC(C(C)(C)C)N=CN3CC2CO)cc1. The Morgan fingerprint density at radius 3 is 2.56 bits per heavy atom. The molecule has 5 nitrogen and oxygen atoms in total. The highest BCUT2D eigenvalue weighted by Gasteiger charge is 2.33. The minimum Gasteiger partial charge on any atom is -0.497 e. The summed E-state index contributed by atoms with van der Waals surface area (Å²) in [7, 11) is 1.68. The van der Waals surface area contributed by atoms with E-state index in [9.17, 15) is 5.11 Å². The Balaban J connectivity index is 1.76. The minimum atomic E-state index is 0.108. The predicted molar refractivity (Wildman–Crippen MR) is 101 cm³/mol. The third-order valence-corrected chi connectivity index (χ3v) is 5.02. The summed E-state index contributed by atoms with van der Waals surface area (Å²) in [6.07, 6.45) is 4.24. The van der Waals surface area contributed by atoms with Crippen molar-refractivity contribution in [2.75, 3.05) is 26.8 Å². The Morgan fingerprint density at radius 1 is 1.24 bits per heavy atom. The van der Waals surface area contributed by atoms with Crippen molar-refractivity contribution in [3.05, 3.63) is 41.6 Å². The molecule has 1 N–H and O–H groups in total. The number of methoxy groups -OCH3 is 1. The van der Waals surface area contributed by atoms with Crippen LogP contribution in [0.5, 0.6) is 5.75 Å². The molecule has 1 aromatic carbocycles. The van der Waals surface area contributed by atoms with Crippen molar-refractivity contribution < 1.29 is 9.84 Å². The summed E-state index contributed by atoms with van der Waals surface area (Å²) in [4.78, 5) is 9.23. The fourth-order valence-electron chi connectivity index (χ4n) is 3.33. The summed E-state index contributed by atoms with van der Waals surface area (Å²) < 4.78 is 5.23. The number of hydrogen-bond donors (Lipinski definition) is 1. The molecule has 1 aromatic rings. The zero-order chi connectivity index (χ0) is 18.0. The molecule has 2 atom stereocenters. The number of aliphatic imine (C=N–C) groups is 1. The maximum Gasteiger partial charge on any atom is 0.118 e. The average Bonchev–Trinajstić information content (AvgIpc) is 2.60. The lowest BCUT2D eigenvalue weighted by atomic mass is 9.85. The molecule has 136 valence electrons. The zero-order valence-corrected chi connectivity index (χ0v) is 15.6. The minimum absolute atomic E-state index is 0.108. The Bertz CT molecular complexity index is 646. The number of nitrogens with zero attached hydrogens (tertiary/aromatic N) is 3. The van der Waals surface area contributed by atoms with Crippen LogP contribution in [0, 0.1) is 5.41 Å². The first kappa shape index (κ1) is 18.0. The van der Waals surface area contributed by atoms with Crippen molar-refractivity contribution >= 4 is 6.34 Å². The Labute approximate surface area is 150 Å². The summed E-state index contributed by atoms with van der Waals surface area (Å²) in [6.45, 7) is 9.23. The van der Waals surface area contributed by atoms with Crippen LogP contribution in [0.25, 0.3) is 0 Å². The number of rotatable bonds is 4. The lowest BCUT2D eigenvalue weighted by Gasteiger charge is -2.44. The molecule has 2 heterocycles. The highest BCUT2D eigenvalue weighted by Crippen LogP contribution is 2.30. The number of aliphatic hydroxyl groups is 1. The molecule has 5 heteroatoms. The standard InChI is InChI=1S/C20H29N3O2/c1-20(2,3)19-9-16-11-22(17(13-24)12-23(16)14-21-19)10-15-5-7-18(25-4)8-6-15/h5-9,14,17,19,24H,10-13H2,1-4H3. The first-order valence-electron chi connectivity index (χ1n) is 8.89. The van der Waals surface area contributed by atoms with E-state index in [-0.39, 0.29) is 24.1 Å². The monoisotopic (exact) mass is 343 g/mol. The first-order valence-corrected chi connectivity index (χ1v) is 8.89. The molecule has 1 fully saturated rings. The van der Waals surface area contributed by atoms with E-state index in [4.69, 9.17) is 9.73 Å². The first-order chi connectivity index (χ1) is 11.9. The zero-order valence-electron chi connectivity index (χ0n) is 15.6. The molecule has 2 aliphatic rings. The van der Waals surface area contributed by atoms with Crippen LogP contribution in [-0.2, 0) is 6.54 Å². The molecule has 1 saturated heterocycles. The maximum absolute atomic E-state index is 9.84. The molecule has 0 aromatic heterocycles. The van der Waals surface area contributed by atoms with Gasteiger partial charge in [-0.25, -0.2) is 0 Å². The van der Waals surface area contributed by atoms with Gasteiger partial charge in [0.05, 0.1) is 32.1 Å². The maximum atomic E-state index is 9.84. The van der Waals surface area contributed by atoms with Crippen LogP contribution in [0.3, 0.4) is 0 Å². The number of ether oxygens (including phenoxy) is 1. The molecular formula is C20H29N3O2. The third-order valence-electron chi connectivity index (χ3n) is 5.02. The summed E-state index contributed by atoms with van der Waals surface area (Å²) >= 11 is 0. The predicted octanol–water partition coefficient (Wildman–Crippen LogP) is 2.51. The lowest BCUT2D eigenvalue weighted by Crippen LogP contribution is -2.53. The van der Waals surface area contributed by atoms with Crippen LogP contribution < -0.4 is 4.74 Å². The van der Waals surface area contributed by atoms with Crippen molar-refractivity contribution in [3.8, 4) is 5.75 Å². The molecule has 2 aliphatic heterocycles. The van der Waals surface area contributed by atoms with Crippen molar-refractivity contribution in [2.24, 2.45) is 10.4 Å². The molecule has 2 unspecified atom stereocenters. The van der Waals surface area contributed by atoms with Crippen molar-refractivity contribution in [3.63, 3.8) is 0 Å². The van der Waals surface area contributed by atoms with Crippen molar-refractivity contribution in [1.82, 2.24) is 9.80 Å². The number of hydrogen-bond acceptors (Lipinski definition) is 5. The van der Waals surface area contributed by atoms with Gasteiger partial charge in [0.25, 0.3) is 0 Å². The molecule has 0 amide bonds. The lowest BCUT2D eigenvalue weighted by molar-refractivity contribution is 0.0811. The fraction of sp³-hybridized carbons (Fsp3) is 0.550.